The van der Waals surface area contributed by atoms with Crippen LogP contribution >= 0.6 is 11.3 Å². The van der Waals surface area contributed by atoms with E-state index < -0.39 is 0 Å². The first kappa shape index (κ1) is 17.7. The molecule has 0 bridgehead atoms. The zero-order chi connectivity index (χ0) is 18.8. The van der Waals surface area contributed by atoms with Crippen LogP contribution in [0.4, 0.5) is 5.13 Å². The Kier molecular flexibility index (Phi) is 4.91. The summed E-state index contributed by atoms with van der Waals surface area (Å²) >= 11 is 1.74. The molecule has 1 fully saturated rings. The number of nitrogens with zero attached hydrogens (tertiary/aromatic N) is 4. The van der Waals surface area contributed by atoms with Gasteiger partial charge in [0.05, 0.1) is 22.2 Å². The van der Waals surface area contributed by atoms with Gasteiger partial charge in [-0.3, -0.25) is 4.98 Å². The van der Waals surface area contributed by atoms with E-state index in [1.165, 1.54) is 12.8 Å². The molecule has 1 aromatic carbocycles. The van der Waals surface area contributed by atoms with Crippen molar-refractivity contribution in [2.45, 2.75) is 26.7 Å². The maximum atomic E-state index is 9.07. The highest BCUT2D eigenvalue weighted by molar-refractivity contribution is 7.19. The summed E-state index contributed by atoms with van der Waals surface area (Å²) in [6, 6.07) is 14.0. The molecule has 0 atom stereocenters. The molecule has 1 saturated heterocycles. The molecule has 0 aliphatic carbocycles. The maximum absolute atomic E-state index is 9.07. The van der Waals surface area contributed by atoms with Gasteiger partial charge in [0.2, 0.25) is 0 Å². The summed E-state index contributed by atoms with van der Waals surface area (Å²) in [4.78, 5) is 13.0. The molecular formula is C22H22N4S. The minimum atomic E-state index is 0.665. The fraction of sp³-hybridized carbons (Fsp3) is 0.318. The molecule has 4 rings (SSSR count). The molecule has 27 heavy (non-hydrogen) atoms. The zero-order valence-electron chi connectivity index (χ0n) is 15.6. The monoisotopic (exact) mass is 374 g/mol. The predicted octanol–water partition coefficient (Wildman–Crippen LogP) is 5.29. The number of thiazole rings is 1. The Bertz CT molecular complexity index is 959. The number of aromatic nitrogens is 2. The Morgan fingerprint density at radius 1 is 1.07 bits per heavy atom. The molecule has 1 aliphatic heterocycles. The van der Waals surface area contributed by atoms with Gasteiger partial charge in [0.1, 0.15) is 0 Å². The minimum absolute atomic E-state index is 0.665. The molecule has 0 radical (unpaired) electrons. The van der Waals surface area contributed by atoms with Crippen LogP contribution in [0.3, 0.4) is 0 Å². The largest absolute Gasteiger partial charge is 0.348 e. The van der Waals surface area contributed by atoms with E-state index in [4.69, 9.17) is 10.2 Å². The van der Waals surface area contributed by atoms with Gasteiger partial charge in [0.25, 0.3) is 0 Å². The van der Waals surface area contributed by atoms with Gasteiger partial charge in [-0.2, -0.15) is 5.26 Å². The third kappa shape index (κ3) is 3.72. The first-order valence-electron chi connectivity index (χ1n) is 9.33. The maximum Gasteiger partial charge on any atom is 0.186 e. The van der Waals surface area contributed by atoms with Crippen molar-refractivity contribution in [3.8, 4) is 27.8 Å². The van der Waals surface area contributed by atoms with E-state index in [0.717, 1.165) is 51.5 Å². The highest BCUT2D eigenvalue weighted by atomic mass is 32.1. The lowest BCUT2D eigenvalue weighted by atomic mass is 10.00. The van der Waals surface area contributed by atoms with Crippen molar-refractivity contribution in [3.63, 3.8) is 0 Å². The van der Waals surface area contributed by atoms with Gasteiger partial charge >= 0.3 is 0 Å². The average Bonchev–Trinajstić information content (AvgIpc) is 3.14. The van der Waals surface area contributed by atoms with Gasteiger partial charge in [-0.25, -0.2) is 4.98 Å². The SMILES string of the molecule is Cc1ccc(-c2sc(N3CCC(C)CC3)nc2-c2ccc(C#N)cc2)cn1. The summed E-state index contributed by atoms with van der Waals surface area (Å²) in [6.07, 6.45) is 4.36. The number of aryl methyl sites for hydroxylation is 1. The number of piperidine rings is 1. The van der Waals surface area contributed by atoms with Crippen molar-refractivity contribution in [1.29, 1.82) is 5.26 Å². The Morgan fingerprint density at radius 2 is 1.78 bits per heavy atom. The number of rotatable bonds is 3. The van der Waals surface area contributed by atoms with E-state index >= 15 is 0 Å². The molecular weight excluding hydrogens is 352 g/mol. The van der Waals surface area contributed by atoms with Crippen LogP contribution in [0.1, 0.15) is 31.0 Å². The van der Waals surface area contributed by atoms with Crippen LogP contribution in [0.5, 0.6) is 0 Å². The molecule has 136 valence electrons. The molecule has 0 N–H and O–H groups in total. The van der Waals surface area contributed by atoms with Crippen LogP contribution in [0, 0.1) is 24.2 Å². The molecule has 3 heterocycles. The fourth-order valence-corrected chi connectivity index (χ4v) is 4.47. The number of anilines is 1. The van der Waals surface area contributed by atoms with E-state index in [1.54, 1.807) is 11.3 Å². The molecule has 4 nitrogen and oxygen atoms in total. The number of hydrogen-bond donors (Lipinski definition) is 0. The molecule has 0 amide bonds. The molecule has 3 aromatic rings. The predicted molar refractivity (Wildman–Crippen MR) is 111 cm³/mol. The molecule has 2 aromatic heterocycles. The van der Waals surface area contributed by atoms with Crippen LogP contribution in [-0.2, 0) is 0 Å². The van der Waals surface area contributed by atoms with Gasteiger partial charge in [-0.15, -0.1) is 0 Å². The van der Waals surface area contributed by atoms with Crippen LogP contribution in [-0.4, -0.2) is 23.1 Å². The van der Waals surface area contributed by atoms with Crippen molar-refractivity contribution in [2.75, 3.05) is 18.0 Å². The molecule has 5 heteroatoms. The second kappa shape index (κ2) is 7.50. The molecule has 0 spiro atoms. The Morgan fingerprint density at radius 3 is 2.41 bits per heavy atom. The third-order valence-electron chi connectivity index (χ3n) is 5.13. The smallest absolute Gasteiger partial charge is 0.186 e. The Labute approximate surface area is 164 Å². The average molecular weight is 375 g/mol. The third-order valence-corrected chi connectivity index (χ3v) is 6.30. The standard InChI is InChI=1S/C22H22N4S/c1-15-9-11-26(12-10-15)22-25-20(18-7-4-17(13-23)5-8-18)21(27-22)19-6-3-16(2)24-14-19/h3-8,14-15H,9-12H2,1-2H3. The number of pyridine rings is 1. The van der Waals surface area contributed by atoms with Crippen LogP contribution < -0.4 is 4.90 Å². The van der Waals surface area contributed by atoms with Crippen LogP contribution in [0.15, 0.2) is 42.6 Å². The van der Waals surface area contributed by atoms with Gasteiger partial charge in [0.15, 0.2) is 5.13 Å². The first-order valence-corrected chi connectivity index (χ1v) is 10.1. The lowest BCUT2D eigenvalue weighted by Gasteiger charge is -2.29. The van der Waals surface area contributed by atoms with E-state index in [9.17, 15) is 0 Å². The molecule has 0 saturated carbocycles. The summed E-state index contributed by atoms with van der Waals surface area (Å²) in [5.41, 5.74) is 4.78. The van der Waals surface area contributed by atoms with Crippen molar-refractivity contribution in [1.82, 2.24) is 9.97 Å². The summed E-state index contributed by atoms with van der Waals surface area (Å²) in [6.45, 7) is 6.45. The zero-order valence-corrected chi connectivity index (χ0v) is 16.5. The van der Waals surface area contributed by atoms with Crippen LogP contribution in [0.25, 0.3) is 21.7 Å². The van der Waals surface area contributed by atoms with Gasteiger partial charge in [-0.1, -0.05) is 36.5 Å². The Hall–Kier alpha value is -2.71. The molecule has 0 unspecified atom stereocenters. The van der Waals surface area contributed by atoms with Crippen molar-refractivity contribution in [3.05, 3.63) is 53.9 Å². The van der Waals surface area contributed by atoms with E-state index in [1.807, 2.05) is 43.5 Å². The first-order chi connectivity index (χ1) is 13.1. The van der Waals surface area contributed by atoms with Crippen molar-refractivity contribution in [2.24, 2.45) is 5.92 Å². The lowest BCUT2D eigenvalue weighted by molar-refractivity contribution is 0.438. The van der Waals surface area contributed by atoms with Gasteiger partial charge < -0.3 is 4.90 Å². The van der Waals surface area contributed by atoms with E-state index in [0.29, 0.717) is 5.56 Å². The quantitative estimate of drug-likeness (QED) is 0.625. The summed E-state index contributed by atoms with van der Waals surface area (Å²) < 4.78 is 0. The minimum Gasteiger partial charge on any atom is -0.348 e. The highest BCUT2D eigenvalue weighted by Gasteiger charge is 2.22. The fourth-order valence-electron chi connectivity index (χ4n) is 3.34. The second-order valence-electron chi connectivity index (χ2n) is 7.22. The van der Waals surface area contributed by atoms with E-state index in [-0.39, 0.29) is 0 Å². The van der Waals surface area contributed by atoms with Crippen LogP contribution in [0.2, 0.25) is 0 Å². The van der Waals surface area contributed by atoms with Gasteiger partial charge in [-0.05, 0) is 43.9 Å². The highest BCUT2D eigenvalue weighted by Crippen LogP contribution is 2.41. The lowest BCUT2D eigenvalue weighted by Crippen LogP contribution is -2.32. The summed E-state index contributed by atoms with van der Waals surface area (Å²) in [5, 5.41) is 10.2. The second-order valence-corrected chi connectivity index (χ2v) is 8.20. The summed E-state index contributed by atoms with van der Waals surface area (Å²) in [7, 11) is 0. The number of hydrogen-bond acceptors (Lipinski definition) is 5. The normalized spacial score (nSPS) is 14.9. The van der Waals surface area contributed by atoms with Gasteiger partial charge in [0, 0.05) is 36.1 Å². The van der Waals surface area contributed by atoms with Crippen molar-refractivity contribution < 1.29 is 0 Å². The Balaban J connectivity index is 1.77. The topological polar surface area (TPSA) is 52.8 Å². The summed E-state index contributed by atoms with van der Waals surface area (Å²) in [5.74, 6) is 0.792. The van der Waals surface area contributed by atoms with Crippen molar-refractivity contribution >= 4 is 16.5 Å². The number of benzene rings is 1. The van der Waals surface area contributed by atoms with E-state index in [2.05, 4.69) is 28.9 Å². The number of nitriles is 1. The molecule has 1 aliphatic rings.